The maximum atomic E-state index is 9.89. The van der Waals surface area contributed by atoms with Crippen LogP contribution >= 0.6 is 15.9 Å². The highest BCUT2D eigenvalue weighted by molar-refractivity contribution is 9.10. The van der Waals surface area contributed by atoms with E-state index in [0.29, 0.717) is 11.9 Å². The Bertz CT molecular complexity index is 545. The van der Waals surface area contributed by atoms with Gasteiger partial charge in [-0.2, -0.15) is 0 Å². The molecule has 0 aliphatic carbocycles. The summed E-state index contributed by atoms with van der Waals surface area (Å²) in [6.45, 7) is 8.14. The quantitative estimate of drug-likeness (QED) is 0.848. The second-order valence-electron chi connectivity index (χ2n) is 5.76. The molecule has 1 aromatic carbocycles. The summed E-state index contributed by atoms with van der Waals surface area (Å²) in [4.78, 5) is 4.78. The number of hydrogen-bond acceptors (Lipinski definition) is 3. The topological polar surface area (TPSA) is 26.7 Å². The molecule has 1 saturated heterocycles. The van der Waals surface area contributed by atoms with Crippen LogP contribution in [-0.2, 0) is 5.41 Å². The van der Waals surface area contributed by atoms with Gasteiger partial charge in [-0.3, -0.25) is 4.90 Å². The van der Waals surface area contributed by atoms with Crippen LogP contribution in [-0.4, -0.2) is 36.3 Å². The van der Waals surface area contributed by atoms with E-state index in [1.165, 1.54) is 11.3 Å². The molecule has 0 aromatic heterocycles. The summed E-state index contributed by atoms with van der Waals surface area (Å²) in [5.41, 5.74) is 2.53. The molecule has 0 bridgehead atoms. The fourth-order valence-electron chi connectivity index (χ4n) is 3.83. The zero-order valence-electron chi connectivity index (χ0n) is 11.4. The van der Waals surface area contributed by atoms with Gasteiger partial charge in [-0.25, -0.2) is 0 Å². The lowest BCUT2D eigenvalue weighted by Crippen LogP contribution is -2.47. The number of nitrogens with zero attached hydrogens (tertiary/aromatic N) is 2. The van der Waals surface area contributed by atoms with Crippen LogP contribution in [0, 0.1) is 0 Å². The van der Waals surface area contributed by atoms with E-state index in [1.807, 2.05) is 12.1 Å². The Morgan fingerprint density at radius 1 is 1.58 bits per heavy atom. The minimum absolute atomic E-state index is 0.0777. The van der Waals surface area contributed by atoms with Crippen molar-refractivity contribution < 1.29 is 5.11 Å². The summed E-state index contributed by atoms with van der Waals surface area (Å²) in [5.74, 6) is 0.336. The zero-order chi connectivity index (χ0) is 13.8. The first-order chi connectivity index (χ1) is 8.99. The Hall–Kier alpha value is -1.00. The molecule has 0 saturated carbocycles. The van der Waals surface area contributed by atoms with Gasteiger partial charge in [-0.1, -0.05) is 13.0 Å². The van der Waals surface area contributed by atoms with Crippen LogP contribution in [0.3, 0.4) is 0 Å². The van der Waals surface area contributed by atoms with Crippen LogP contribution < -0.4 is 4.90 Å². The number of benzene rings is 1. The molecule has 1 aromatic rings. The maximum absolute atomic E-state index is 9.89. The van der Waals surface area contributed by atoms with Crippen molar-refractivity contribution >= 4 is 21.6 Å². The molecule has 4 heteroatoms. The number of fused-ring (bicyclic) bond motifs is 3. The Morgan fingerprint density at radius 2 is 2.32 bits per heavy atom. The van der Waals surface area contributed by atoms with Gasteiger partial charge in [0.15, 0.2) is 0 Å². The monoisotopic (exact) mass is 322 g/mol. The number of phenols is 1. The van der Waals surface area contributed by atoms with Crippen molar-refractivity contribution in [2.24, 2.45) is 0 Å². The first kappa shape index (κ1) is 13.0. The largest absolute Gasteiger partial charge is 0.508 e. The van der Waals surface area contributed by atoms with E-state index in [4.69, 9.17) is 0 Å². The van der Waals surface area contributed by atoms with E-state index < -0.39 is 0 Å². The minimum Gasteiger partial charge on any atom is -0.508 e. The molecule has 0 spiro atoms. The van der Waals surface area contributed by atoms with Crippen molar-refractivity contribution in [3.63, 3.8) is 0 Å². The number of hydrogen-bond donors (Lipinski definition) is 1. The average molecular weight is 323 g/mol. The van der Waals surface area contributed by atoms with Gasteiger partial charge >= 0.3 is 0 Å². The fraction of sp³-hybridized carbons (Fsp3) is 0.467. The maximum Gasteiger partial charge on any atom is 0.117 e. The van der Waals surface area contributed by atoms with Crippen molar-refractivity contribution in [2.75, 3.05) is 25.0 Å². The van der Waals surface area contributed by atoms with Crippen LogP contribution in [0.25, 0.3) is 0 Å². The Kier molecular flexibility index (Phi) is 2.91. The lowest BCUT2D eigenvalue weighted by atomic mass is 9.81. The first-order valence-corrected chi connectivity index (χ1v) is 7.39. The lowest BCUT2D eigenvalue weighted by molar-refractivity contribution is 0.245. The summed E-state index contributed by atoms with van der Waals surface area (Å²) in [6.07, 6.45) is 3.42. The van der Waals surface area contributed by atoms with Crippen molar-refractivity contribution in [2.45, 2.75) is 24.9 Å². The number of rotatable bonds is 2. The van der Waals surface area contributed by atoms with E-state index in [2.05, 4.69) is 46.3 Å². The van der Waals surface area contributed by atoms with Crippen molar-refractivity contribution in [3.8, 4) is 5.75 Å². The van der Waals surface area contributed by atoms with Crippen molar-refractivity contribution in [1.82, 2.24) is 4.90 Å². The molecule has 3 rings (SSSR count). The normalized spacial score (nSPS) is 29.4. The van der Waals surface area contributed by atoms with Gasteiger partial charge in [0.1, 0.15) is 5.75 Å². The molecule has 2 aliphatic heterocycles. The molecule has 2 heterocycles. The number of likely N-dealkylation sites (N-methyl/N-ethyl adjacent to an activating group) is 1. The molecule has 0 unspecified atom stereocenters. The molecule has 3 nitrogen and oxygen atoms in total. The summed E-state index contributed by atoms with van der Waals surface area (Å²) in [6, 6.07) is 3.70. The van der Waals surface area contributed by atoms with Crippen molar-refractivity contribution in [1.29, 1.82) is 0 Å². The Labute approximate surface area is 122 Å². The highest BCUT2D eigenvalue weighted by Gasteiger charge is 2.53. The third-order valence-electron chi connectivity index (χ3n) is 4.58. The van der Waals surface area contributed by atoms with Crippen molar-refractivity contribution in [3.05, 3.63) is 34.8 Å². The second kappa shape index (κ2) is 4.25. The summed E-state index contributed by atoms with van der Waals surface area (Å²) in [7, 11) is 2.14. The number of aromatic hydroxyl groups is 1. The van der Waals surface area contributed by atoms with E-state index in [9.17, 15) is 5.11 Å². The SMILES string of the molecule is C=CCN1CC[C@@]2(C)c3cc(O)cc(Br)c3N(C)[C@@H]12. The average Bonchev–Trinajstić information content (AvgIpc) is 2.76. The van der Waals surface area contributed by atoms with E-state index >= 15 is 0 Å². The van der Waals surface area contributed by atoms with Crippen LogP contribution in [0.5, 0.6) is 5.75 Å². The van der Waals surface area contributed by atoms with Crippen LogP contribution in [0.4, 0.5) is 5.69 Å². The molecule has 1 fully saturated rings. The molecule has 2 atom stereocenters. The standard InChI is InChI=1S/C15H19BrN2O/c1-4-6-18-7-5-15(2)11-8-10(19)9-12(16)13(11)17(3)14(15)18/h4,8-9,14,19H,1,5-7H2,2-3H3/t14-,15-/m0/s1. The summed E-state index contributed by atoms with van der Waals surface area (Å²) in [5, 5.41) is 9.89. The molecular weight excluding hydrogens is 304 g/mol. The predicted octanol–water partition coefficient (Wildman–Crippen LogP) is 3.08. The predicted molar refractivity (Wildman–Crippen MR) is 81.7 cm³/mol. The molecule has 2 aliphatic rings. The van der Waals surface area contributed by atoms with Gasteiger partial charge in [0.05, 0.1) is 11.9 Å². The highest BCUT2D eigenvalue weighted by atomic mass is 79.9. The Morgan fingerprint density at radius 3 is 3.00 bits per heavy atom. The van der Waals surface area contributed by atoms with E-state index in [0.717, 1.165) is 24.0 Å². The van der Waals surface area contributed by atoms with Gasteiger partial charge in [0.25, 0.3) is 0 Å². The highest BCUT2D eigenvalue weighted by Crippen LogP contribution is 2.54. The van der Waals surface area contributed by atoms with Crippen LogP contribution in [0.15, 0.2) is 29.3 Å². The summed E-state index contributed by atoms with van der Waals surface area (Å²) < 4.78 is 0.971. The van der Waals surface area contributed by atoms with E-state index in [1.54, 1.807) is 6.07 Å². The molecule has 1 N–H and O–H groups in total. The first-order valence-electron chi connectivity index (χ1n) is 6.60. The molecule has 0 amide bonds. The zero-order valence-corrected chi connectivity index (χ0v) is 12.9. The molecule has 102 valence electrons. The number of phenolic OH excluding ortho intramolecular Hbond substituents is 1. The van der Waals surface area contributed by atoms with Gasteiger partial charge in [-0.05, 0) is 40.0 Å². The second-order valence-corrected chi connectivity index (χ2v) is 6.61. The molecule has 19 heavy (non-hydrogen) atoms. The van der Waals surface area contributed by atoms with Crippen LogP contribution in [0.2, 0.25) is 0 Å². The van der Waals surface area contributed by atoms with Crippen LogP contribution in [0.1, 0.15) is 18.9 Å². The Balaban J connectivity index is 2.14. The number of likely N-dealkylation sites (tertiary alicyclic amines) is 1. The molecular formula is C15H19BrN2O. The van der Waals surface area contributed by atoms with Gasteiger partial charge in [0, 0.05) is 30.0 Å². The molecule has 0 radical (unpaired) electrons. The number of anilines is 1. The third-order valence-corrected chi connectivity index (χ3v) is 5.19. The van der Waals surface area contributed by atoms with Gasteiger partial charge < -0.3 is 10.0 Å². The smallest absolute Gasteiger partial charge is 0.117 e. The van der Waals surface area contributed by atoms with Gasteiger partial charge in [-0.15, -0.1) is 6.58 Å². The fourth-order valence-corrected chi connectivity index (χ4v) is 4.56. The third kappa shape index (κ3) is 1.66. The number of halogens is 1. The summed E-state index contributed by atoms with van der Waals surface area (Å²) >= 11 is 3.59. The van der Waals surface area contributed by atoms with E-state index in [-0.39, 0.29) is 5.41 Å². The minimum atomic E-state index is 0.0777. The van der Waals surface area contributed by atoms with Gasteiger partial charge in [0.2, 0.25) is 0 Å². The lowest BCUT2D eigenvalue weighted by Gasteiger charge is -2.34.